The second kappa shape index (κ2) is 4.61. The monoisotopic (exact) mass is 260 g/mol. The van der Waals surface area contributed by atoms with Gasteiger partial charge in [-0.05, 0) is 35.0 Å². The van der Waals surface area contributed by atoms with Crippen molar-refractivity contribution >= 4 is 21.8 Å². The average molecular weight is 261 g/mol. The highest BCUT2D eigenvalue weighted by atomic mass is 79.9. The van der Waals surface area contributed by atoms with Crippen LogP contribution in [0.4, 0.5) is 0 Å². The third-order valence-corrected chi connectivity index (χ3v) is 2.53. The molecule has 0 saturated heterocycles. The van der Waals surface area contributed by atoms with Gasteiger partial charge in [0.25, 0.3) is 5.91 Å². The summed E-state index contributed by atoms with van der Waals surface area (Å²) in [4.78, 5) is 13.3. The molecule has 2 N–H and O–H groups in total. The molecule has 1 aromatic heterocycles. The summed E-state index contributed by atoms with van der Waals surface area (Å²) >= 11 is 3.14. The summed E-state index contributed by atoms with van der Waals surface area (Å²) in [5, 5.41) is 0. The molecule has 14 heavy (non-hydrogen) atoms. The van der Waals surface area contributed by atoms with Crippen molar-refractivity contribution in [3.05, 3.63) is 22.6 Å². The molecule has 0 aliphatic rings. The lowest BCUT2D eigenvalue weighted by atomic mass is 10.3. The fraction of sp³-hybridized carbons (Fsp3) is 0.444. The van der Waals surface area contributed by atoms with Gasteiger partial charge in [-0.2, -0.15) is 0 Å². The second-order valence-corrected chi connectivity index (χ2v) is 3.89. The lowest BCUT2D eigenvalue weighted by molar-refractivity contribution is 0.0715. The van der Waals surface area contributed by atoms with Crippen LogP contribution in [-0.4, -0.2) is 30.4 Å². The van der Waals surface area contributed by atoms with Crippen LogP contribution in [0, 0.1) is 0 Å². The van der Waals surface area contributed by atoms with E-state index in [1.807, 2.05) is 6.92 Å². The van der Waals surface area contributed by atoms with Crippen molar-refractivity contribution in [2.75, 3.05) is 13.6 Å². The number of carbonyl (C=O) groups excluding carboxylic acids is 1. The first-order valence-electron chi connectivity index (χ1n) is 4.28. The van der Waals surface area contributed by atoms with Crippen LogP contribution in [0.3, 0.4) is 0 Å². The molecule has 1 rings (SSSR count). The van der Waals surface area contributed by atoms with Crippen LogP contribution in [0.25, 0.3) is 0 Å². The van der Waals surface area contributed by atoms with Gasteiger partial charge >= 0.3 is 0 Å². The van der Waals surface area contributed by atoms with E-state index in [-0.39, 0.29) is 11.9 Å². The largest absolute Gasteiger partial charge is 0.444 e. The third kappa shape index (κ3) is 2.36. The first kappa shape index (κ1) is 11.3. The molecule has 4 nitrogen and oxygen atoms in total. The van der Waals surface area contributed by atoms with Gasteiger partial charge in [-0.25, -0.2) is 0 Å². The Kier molecular flexibility index (Phi) is 3.71. The Hall–Kier alpha value is -0.810. The second-order valence-electron chi connectivity index (χ2n) is 3.10. The van der Waals surface area contributed by atoms with E-state index in [4.69, 9.17) is 10.2 Å². The van der Waals surface area contributed by atoms with Crippen LogP contribution in [-0.2, 0) is 0 Å². The van der Waals surface area contributed by atoms with Crippen molar-refractivity contribution in [2.24, 2.45) is 5.73 Å². The summed E-state index contributed by atoms with van der Waals surface area (Å²) in [7, 11) is 1.70. The molecule has 1 heterocycles. The highest BCUT2D eigenvalue weighted by Gasteiger charge is 2.19. The molecule has 0 spiro atoms. The fourth-order valence-corrected chi connectivity index (χ4v) is 1.27. The van der Waals surface area contributed by atoms with Crippen LogP contribution in [0.5, 0.6) is 0 Å². The topological polar surface area (TPSA) is 59.5 Å². The van der Waals surface area contributed by atoms with Gasteiger partial charge in [0.05, 0.1) is 0 Å². The number of nitrogens with zero attached hydrogens (tertiary/aromatic N) is 1. The van der Waals surface area contributed by atoms with Crippen molar-refractivity contribution in [2.45, 2.75) is 13.0 Å². The molecule has 0 radical (unpaired) electrons. The Morgan fingerprint density at radius 1 is 1.71 bits per heavy atom. The summed E-state index contributed by atoms with van der Waals surface area (Å²) < 4.78 is 5.70. The minimum absolute atomic E-state index is 0.00590. The minimum Gasteiger partial charge on any atom is -0.444 e. The number of likely N-dealkylation sites (N-methyl/N-ethyl adjacent to an activating group) is 1. The summed E-state index contributed by atoms with van der Waals surface area (Å²) in [6, 6.07) is 3.33. The van der Waals surface area contributed by atoms with E-state index in [2.05, 4.69) is 15.9 Å². The SMILES string of the molecule is CC(CN)N(C)C(=O)c1ccc(Br)o1. The lowest BCUT2D eigenvalue weighted by Gasteiger charge is -2.22. The molecule has 1 atom stereocenters. The van der Waals surface area contributed by atoms with Crippen molar-refractivity contribution in [3.63, 3.8) is 0 Å². The predicted molar refractivity (Wildman–Crippen MR) is 57.0 cm³/mol. The molecule has 0 aliphatic heterocycles. The third-order valence-electron chi connectivity index (χ3n) is 2.11. The Morgan fingerprint density at radius 3 is 2.79 bits per heavy atom. The van der Waals surface area contributed by atoms with Crippen LogP contribution in [0.2, 0.25) is 0 Å². The maximum Gasteiger partial charge on any atom is 0.289 e. The first-order chi connectivity index (χ1) is 6.56. The number of halogens is 1. The maximum atomic E-state index is 11.7. The zero-order valence-corrected chi connectivity index (χ0v) is 9.74. The Balaban J connectivity index is 2.75. The summed E-state index contributed by atoms with van der Waals surface area (Å²) in [5.41, 5.74) is 5.46. The minimum atomic E-state index is -0.159. The van der Waals surface area contributed by atoms with Gasteiger partial charge in [0.1, 0.15) is 0 Å². The van der Waals surface area contributed by atoms with E-state index in [9.17, 15) is 4.79 Å². The van der Waals surface area contributed by atoms with Gasteiger partial charge in [0.15, 0.2) is 10.4 Å². The van der Waals surface area contributed by atoms with Gasteiger partial charge in [-0.15, -0.1) is 0 Å². The zero-order valence-electron chi connectivity index (χ0n) is 8.16. The van der Waals surface area contributed by atoms with Gasteiger partial charge in [-0.3, -0.25) is 4.79 Å². The number of nitrogens with two attached hydrogens (primary N) is 1. The van der Waals surface area contributed by atoms with Crippen molar-refractivity contribution < 1.29 is 9.21 Å². The number of hydrogen-bond acceptors (Lipinski definition) is 3. The highest BCUT2D eigenvalue weighted by molar-refractivity contribution is 9.10. The van der Waals surface area contributed by atoms with Crippen molar-refractivity contribution in [1.82, 2.24) is 4.90 Å². The number of hydrogen-bond donors (Lipinski definition) is 1. The molecular formula is C9H13BrN2O2. The number of rotatable bonds is 3. The van der Waals surface area contributed by atoms with Gasteiger partial charge in [0, 0.05) is 19.6 Å². The quantitative estimate of drug-likeness (QED) is 0.896. The highest BCUT2D eigenvalue weighted by Crippen LogP contribution is 2.15. The number of amides is 1. The standard InChI is InChI=1S/C9H13BrN2O2/c1-6(5-11)12(2)9(13)7-3-4-8(10)14-7/h3-4,6H,5,11H2,1-2H3. The van der Waals surface area contributed by atoms with Crippen LogP contribution < -0.4 is 5.73 Å². The van der Waals surface area contributed by atoms with Crippen LogP contribution >= 0.6 is 15.9 Å². The molecule has 5 heteroatoms. The normalized spacial score (nSPS) is 12.6. The lowest BCUT2D eigenvalue weighted by Crippen LogP contribution is -2.39. The van der Waals surface area contributed by atoms with Crippen LogP contribution in [0.1, 0.15) is 17.5 Å². The first-order valence-corrected chi connectivity index (χ1v) is 5.08. The van der Waals surface area contributed by atoms with Crippen molar-refractivity contribution in [1.29, 1.82) is 0 Å². The smallest absolute Gasteiger partial charge is 0.289 e. The Labute approximate surface area is 91.2 Å². The molecule has 1 aromatic rings. The average Bonchev–Trinajstić information content (AvgIpc) is 2.61. The Bertz CT molecular complexity index is 324. The molecule has 0 aromatic carbocycles. The van der Waals surface area contributed by atoms with Crippen molar-refractivity contribution in [3.8, 4) is 0 Å². The fourth-order valence-electron chi connectivity index (χ4n) is 0.961. The van der Waals surface area contributed by atoms with Crippen LogP contribution in [0.15, 0.2) is 21.2 Å². The molecular weight excluding hydrogens is 248 g/mol. The molecule has 0 bridgehead atoms. The molecule has 1 unspecified atom stereocenters. The summed E-state index contributed by atoms with van der Waals surface area (Å²) in [6.07, 6.45) is 0. The number of furan rings is 1. The van der Waals surface area contributed by atoms with E-state index in [0.717, 1.165) is 0 Å². The van der Waals surface area contributed by atoms with E-state index >= 15 is 0 Å². The Morgan fingerprint density at radius 2 is 2.36 bits per heavy atom. The van der Waals surface area contributed by atoms with Gasteiger partial charge in [-0.1, -0.05) is 0 Å². The summed E-state index contributed by atoms with van der Waals surface area (Å²) in [5.74, 6) is 0.160. The van der Waals surface area contributed by atoms with E-state index in [1.165, 1.54) is 0 Å². The van der Waals surface area contributed by atoms with E-state index < -0.39 is 0 Å². The predicted octanol–water partition coefficient (Wildman–Crippen LogP) is 1.46. The molecule has 0 fully saturated rings. The van der Waals surface area contributed by atoms with Gasteiger partial charge < -0.3 is 15.1 Å². The van der Waals surface area contributed by atoms with Gasteiger partial charge in [0.2, 0.25) is 0 Å². The van der Waals surface area contributed by atoms with E-state index in [0.29, 0.717) is 17.0 Å². The molecule has 0 saturated carbocycles. The zero-order chi connectivity index (χ0) is 10.7. The molecule has 0 aliphatic carbocycles. The van der Waals surface area contributed by atoms with E-state index in [1.54, 1.807) is 24.1 Å². The molecule has 78 valence electrons. The summed E-state index contributed by atoms with van der Waals surface area (Å²) in [6.45, 7) is 2.32. The number of carbonyl (C=O) groups is 1. The molecule has 1 amide bonds. The maximum absolute atomic E-state index is 11.7.